The summed E-state index contributed by atoms with van der Waals surface area (Å²) >= 11 is 0. The monoisotopic (exact) mass is 420 g/mol. The molecular formula is C25H20N6O. The highest BCUT2D eigenvalue weighted by Crippen LogP contribution is 2.18. The van der Waals surface area contributed by atoms with Crippen LogP contribution in [-0.2, 0) is 6.61 Å². The van der Waals surface area contributed by atoms with Crippen LogP contribution in [-0.4, -0.2) is 26.0 Å². The topological polar surface area (TPSA) is 76.7 Å². The van der Waals surface area contributed by atoms with Gasteiger partial charge >= 0.3 is 0 Å². The number of rotatable bonds is 7. The average Bonchev–Trinajstić information content (AvgIpc) is 3.28. The van der Waals surface area contributed by atoms with E-state index in [9.17, 15) is 0 Å². The predicted molar refractivity (Wildman–Crippen MR) is 125 cm³/mol. The third-order valence-corrected chi connectivity index (χ3v) is 4.79. The summed E-state index contributed by atoms with van der Waals surface area (Å²) in [5.41, 5.74) is 6.62. The van der Waals surface area contributed by atoms with Crippen molar-refractivity contribution >= 4 is 17.7 Å². The smallest absolute Gasteiger partial charge is 0.185 e. The van der Waals surface area contributed by atoms with Crippen molar-refractivity contribution in [2.24, 2.45) is 5.10 Å². The van der Waals surface area contributed by atoms with Gasteiger partial charge in [-0.1, -0.05) is 72.8 Å². The maximum absolute atomic E-state index is 5.88. The van der Waals surface area contributed by atoms with Crippen LogP contribution in [0.5, 0.6) is 5.75 Å². The summed E-state index contributed by atoms with van der Waals surface area (Å²) in [5, 5.41) is 17.3. The molecule has 32 heavy (non-hydrogen) atoms. The van der Waals surface area contributed by atoms with E-state index in [1.54, 1.807) is 10.7 Å². The fourth-order valence-corrected chi connectivity index (χ4v) is 3.21. The highest BCUT2D eigenvalue weighted by molar-refractivity contribution is 5.80. The second kappa shape index (κ2) is 9.09. The van der Waals surface area contributed by atoms with Crippen LogP contribution >= 0.6 is 0 Å². The minimum atomic E-state index is 0.520. The number of hydrogen-bond acceptors (Lipinski definition) is 6. The number of hydrazone groups is 1. The number of hydrogen-bond donors (Lipinski definition) is 1. The Labute approximate surface area is 185 Å². The molecule has 0 aliphatic rings. The molecule has 156 valence electrons. The number of benzene rings is 3. The van der Waals surface area contributed by atoms with Gasteiger partial charge in [-0.25, -0.2) is 0 Å². The molecular weight excluding hydrogens is 400 g/mol. The van der Waals surface area contributed by atoms with Gasteiger partial charge in [-0.2, -0.15) is 9.62 Å². The lowest BCUT2D eigenvalue weighted by Gasteiger charge is -2.07. The average molecular weight is 420 g/mol. The highest BCUT2D eigenvalue weighted by Gasteiger charge is 2.09. The van der Waals surface area contributed by atoms with Gasteiger partial charge in [0.1, 0.15) is 12.4 Å². The van der Waals surface area contributed by atoms with E-state index in [2.05, 4.69) is 25.8 Å². The van der Waals surface area contributed by atoms with Crippen LogP contribution in [0.15, 0.2) is 102 Å². The van der Waals surface area contributed by atoms with E-state index in [0.29, 0.717) is 23.9 Å². The molecule has 1 N–H and O–H groups in total. The van der Waals surface area contributed by atoms with Crippen LogP contribution in [0.1, 0.15) is 11.1 Å². The molecule has 5 rings (SSSR count). The van der Waals surface area contributed by atoms with Crippen molar-refractivity contribution < 1.29 is 4.74 Å². The second-order valence-corrected chi connectivity index (χ2v) is 7.09. The fourth-order valence-electron chi connectivity index (χ4n) is 3.21. The summed E-state index contributed by atoms with van der Waals surface area (Å²) < 4.78 is 7.58. The van der Waals surface area contributed by atoms with E-state index >= 15 is 0 Å². The van der Waals surface area contributed by atoms with Gasteiger partial charge in [-0.3, -0.25) is 5.43 Å². The largest absolute Gasteiger partial charge is 0.489 e. The molecule has 2 aromatic heterocycles. The SMILES string of the molecule is C(=N\Nc1ccc2nnc(-c3ccccc3)n2n1)/c1cccc(OCc2ccccc2)c1. The summed E-state index contributed by atoms with van der Waals surface area (Å²) in [6.45, 7) is 0.520. The molecule has 0 unspecified atom stereocenters. The van der Waals surface area contributed by atoms with Gasteiger partial charge in [-0.15, -0.1) is 15.3 Å². The van der Waals surface area contributed by atoms with Crippen molar-refractivity contribution in [1.29, 1.82) is 0 Å². The number of ether oxygens (including phenoxy) is 1. The summed E-state index contributed by atoms with van der Waals surface area (Å²) in [4.78, 5) is 0. The van der Waals surface area contributed by atoms with Gasteiger partial charge in [-0.05, 0) is 35.4 Å². The zero-order valence-electron chi connectivity index (χ0n) is 17.2. The zero-order valence-corrected chi connectivity index (χ0v) is 17.2. The molecule has 0 saturated heterocycles. The molecule has 0 fully saturated rings. The van der Waals surface area contributed by atoms with Crippen LogP contribution in [0.3, 0.4) is 0 Å². The second-order valence-electron chi connectivity index (χ2n) is 7.09. The molecule has 0 radical (unpaired) electrons. The van der Waals surface area contributed by atoms with Gasteiger partial charge in [0.25, 0.3) is 0 Å². The molecule has 0 bridgehead atoms. The van der Waals surface area contributed by atoms with Crippen molar-refractivity contribution in [3.8, 4) is 17.1 Å². The standard InChI is InChI=1S/C25H20N6O/c1-3-8-19(9-4-1)18-32-22-13-7-10-20(16-22)17-26-27-23-14-15-24-28-29-25(31(24)30-23)21-11-5-2-6-12-21/h1-17H,18H2,(H,27,30)/b26-17+. The number of anilines is 1. The Morgan fingerprint density at radius 1 is 0.844 bits per heavy atom. The van der Waals surface area contributed by atoms with E-state index in [4.69, 9.17) is 4.74 Å². The first-order valence-corrected chi connectivity index (χ1v) is 10.2. The van der Waals surface area contributed by atoms with Gasteiger partial charge in [0.2, 0.25) is 0 Å². The molecule has 0 spiro atoms. The number of nitrogens with one attached hydrogen (secondary N) is 1. The van der Waals surface area contributed by atoms with E-state index in [-0.39, 0.29) is 0 Å². The van der Waals surface area contributed by atoms with Crippen molar-refractivity contribution in [3.63, 3.8) is 0 Å². The molecule has 0 saturated carbocycles. The molecule has 2 heterocycles. The quantitative estimate of drug-likeness (QED) is 0.302. The molecule has 0 amide bonds. The summed E-state index contributed by atoms with van der Waals surface area (Å²) in [7, 11) is 0. The Hall–Kier alpha value is -4.52. The molecule has 0 atom stereocenters. The van der Waals surface area contributed by atoms with Gasteiger partial charge in [0.05, 0.1) is 6.21 Å². The Bertz CT molecular complexity index is 1350. The Morgan fingerprint density at radius 3 is 2.50 bits per heavy atom. The van der Waals surface area contributed by atoms with Gasteiger partial charge in [0.15, 0.2) is 17.3 Å². The van der Waals surface area contributed by atoms with Crippen LogP contribution in [0.4, 0.5) is 5.82 Å². The summed E-state index contributed by atoms with van der Waals surface area (Å²) in [6, 6.07) is 31.3. The zero-order chi connectivity index (χ0) is 21.6. The molecule has 7 nitrogen and oxygen atoms in total. The van der Waals surface area contributed by atoms with Gasteiger partial charge in [0, 0.05) is 5.56 Å². The van der Waals surface area contributed by atoms with E-state index in [0.717, 1.165) is 22.4 Å². The van der Waals surface area contributed by atoms with E-state index in [1.807, 2.05) is 97.1 Å². The summed E-state index contributed by atoms with van der Waals surface area (Å²) in [5.74, 6) is 2.05. The summed E-state index contributed by atoms with van der Waals surface area (Å²) in [6.07, 6.45) is 1.73. The first-order chi connectivity index (χ1) is 15.8. The van der Waals surface area contributed by atoms with Crippen molar-refractivity contribution in [2.45, 2.75) is 6.61 Å². The number of fused-ring (bicyclic) bond motifs is 1. The maximum Gasteiger partial charge on any atom is 0.185 e. The normalized spacial score (nSPS) is 11.1. The third-order valence-electron chi connectivity index (χ3n) is 4.79. The lowest BCUT2D eigenvalue weighted by atomic mass is 10.2. The lowest BCUT2D eigenvalue weighted by molar-refractivity contribution is 0.306. The number of aromatic nitrogens is 4. The van der Waals surface area contributed by atoms with Crippen molar-refractivity contribution in [3.05, 3.63) is 108 Å². The Balaban J connectivity index is 1.28. The molecule has 7 heteroatoms. The minimum absolute atomic E-state index is 0.520. The fraction of sp³-hybridized carbons (Fsp3) is 0.0400. The third kappa shape index (κ3) is 4.46. The Morgan fingerprint density at radius 2 is 1.66 bits per heavy atom. The highest BCUT2D eigenvalue weighted by atomic mass is 16.5. The minimum Gasteiger partial charge on any atom is -0.489 e. The van der Waals surface area contributed by atoms with Crippen LogP contribution in [0.2, 0.25) is 0 Å². The van der Waals surface area contributed by atoms with Crippen LogP contribution in [0.25, 0.3) is 17.0 Å². The molecule has 5 aromatic rings. The van der Waals surface area contributed by atoms with Gasteiger partial charge < -0.3 is 4.74 Å². The predicted octanol–water partition coefficient (Wildman–Crippen LogP) is 4.82. The first kappa shape index (κ1) is 19.4. The van der Waals surface area contributed by atoms with Crippen LogP contribution < -0.4 is 10.2 Å². The first-order valence-electron chi connectivity index (χ1n) is 10.2. The molecule has 3 aromatic carbocycles. The van der Waals surface area contributed by atoms with E-state index in [1.165, 1.54) is 0 Å². The number of nitrogens with zero attached hydrogens (tertiary/aromatic N) is 5. The molecule has 0 aliphatic heterocycles. The van der Waals surface area contributed by atoms with Crippen molar-refractivity contribution in [2.75, 3.05) is 5.43 Å². The lowest BCUT2D eigenvalue weighted by Crippen LogP contribution is -2.00. The van der Waals surface area contributed by atoms with E-state index < -0.39 is 0 Å². The van der Waals surface area contributed by atoms with Crippen LogP contribution in [0, 0.1) is 0 Å². The molecule has 0 aliphatic carbocycles. The maximum atomic E-state index is 5.88. The van der Waals surface area contributed by atoms with Crippen molar-refractivity contribution in [1.82, 2.24) is 19.8 Å². The Kier molecular flexibility index (Phi) is 5.53.